The van der Waals surface area contributed by atoms with Crippen LogP contribution in [0.5, 0.6) is 0 Å². The maximum atomic E-state index is 14.0. The van der Waals surface area contributed by atoms with Crippen molar-refractivity contribution in [3.8, 4) is 0 Å². The van der Waals surface area contributed by atoms with Crippen LogP contribution in [0.3, 0.4) is 0 Å². The summed E-state index contributed by atoms with van der Waals surface area (Å²) in [4.78, 5) is 51.7. The van der Waals surface area contributed by atoms with Gasteiger partial charge in [-0.2, -0.15) is 0 Å². The summed E-state index contributed by atoms with van der Waals surface area (Å²) in [6.07, 6.45) is -0.129. The van der Waals surface area contributed by atoms with Crippen LogP contribution >= 0.6 is 16.1 Å². The standard InChI is InChI=1S/C32H54N4O13P2/c1-21(2)36(22(3)4)50(45-17-12-15-33)49-25-23(48-27(26(25)42-11)35-16-13-24(37)34-30(35)40)14-18-51(41,46-19-43-28(38)31(5,6)7)47-20-44-29(39)32(8,9)10/h13-16,18,21-23,25-27,33H,12,17,19-20H2,1-11H3,(H,34,37,40)/b18-14+,33-15?/t23-,25?,26?,27-,50?/m1/s1. The Hall–Kier alpha value is -2.59. The van der Waals surface area contributed by atoms with Crippen LogP contribution in [0.1, 0.15) is 81.9 Å². The van der Waals surface area contributed by atoms with Crippen LogP contribution in [0.15, 0.2) is 33.7 Å². The summed E-state index contributed by atoms with van der Waals surface area (Å²) in [7, 11) is -4.79. The van der Waals surface area contributed by atoms with Crippen LogP contribution < -0.4 is 11.2 Å². The molecule has 1 aliphatic rings. The Balaban J connectivity index is 2.59. The molecular weight excluding hydrogens is 710 g/mol. The van der Waals surface area contributed by atoms with Gasteiger partial charge in [0.1, 0.15) is 18.3 Å². The Morgan fingerprint density at radius 3 is 2.02 bits per heavy atom. The van der Waals surface area contributed by atoms with Gasteiger partial charge in [-0.1, -0.05) is 0 Å². The fraction of sp³-hybridized carbons (Fsp3) is 0.719. The molecule has 1 saturated heterocycles. The number of carbonyl (C=O) groups excluding carboxylic acids is 2. The number of hydrogen-bond acceptors (Lipinski definition) is 15. The Morgan fingerprint density at radius 1 is 1.02 bits per heavy atom. The van der Waals surface area contributed by atoms with E-state index in [0.29, 0.717) is 6.42 Å². The molecule has 3 unspecified atom stereocenters. The van der Waals surface area contributed by atoms with Crippen molar-refractivity contribution < 1.29 is 51.2 Å². The molecule has 0 saturated carbocycles. The van der Waals surface area contributed by atoms with Crippen molar-refractivity contribution >= 4 is 34.3 Å². The van der Waals surface area contributed by atoms with Gasteiger partial charge in [0.2, 0.25) is 13.6 Å². The van der Waals surface area contributed by atoms with Crippen LogP contribution in [-0.4, -0.2) is 90.1 Å². The molecule has 1 aliphatic heterocycles. The van der Waals surface area contributed by atoms with Crippen molar-refractivity contribution in [2.75, 3.05) is 27.3 Å². The number of nitrogens with zero attached hydrogens (tertiary/aromatic N) is 2. The summed E-state index contributed by atoms with van der Waals surface area (Å²) in [5.74, 6) is -0.202. The fourth-order valence-electron chi connectivity index (χ4n) is 4.51. The van der Waals surface area contributed by atoms with Crippen molar-refractivity contribution in [2.24, 2.45) is 10.8 Å². The van der Waals surface area contributed by atoms with Gasteiger partial charge in [0.15, 0.2) is 6.23 Å². The van der Waals surface area contributed by atoms with Crippen molar-refractivity contribution in [2.45, 2.75) is 112 Å². The first kappa shape index (κ1) is 44.6. The Labute approximate surface area is 300 Å². The number of nitrogens with one attached hydrogen (secondary N) is 2. The summed E-state index contributed by atoms with van der Waals surface area (Å²) in [6, 6.07) is 1.07. The van der Waals surface area contributed by atoms with E-state index in [1.165, 1.54) is 25.6 Å². The van der Waals surface area contributed by atoms with Gasteiger partial charge in [-0.25, -0.2) is 9.46 Å². The first-order valence-electron chi connectivity index (χ1n) is 16.4. The molecule has 0 radical (unpaired) electrons. The van der Waals surface area contributed by atoms with Crippen LogP contribution in [0, 0.1) is 16.2 Å². The van der Waals surface area contributed by atoms with E-state index < -0.39 is 88.3 Å². The number of hydrogen-bond donors (Lipinski definition) is 2. The zero-order chi connectivity index (χ0) is 38.7. The number of methoxy groups -OCH3 is 1. The largest absolute Gasteiger partial charge is 0.438 e. The van der Waals surface area contributed by atoms with E-state index in [4.69, 9.17) is 42.5 Å². The molecule has 0 spiro atoms. The zero-order valence-electron chi connectivity index (χ0n) is 31.3. The smallest absolute Gasteiger partial charge is 0.359 e. The van der Waals surface area contributed by atoms with Gasteiger partial charge >= 0.3 is 25.2 Å². The molecule has 51 heavy (non-hydrogen) atoms. The Kier molecular flexibility index (Phi) is 17.0. The second kappa shape index (κ2) is 19.5. The number of rotatable bonds is 19. The third kappa shape index (κ3) is 13.4. The molecule has 0 aliphatic carbocycles. The molecule has 0 aromatic carbocycles. The van der Waals surface area contributed by atoms with E-state index in [1.54, 1.807) is 41.5 Å². The van der Waals surface area contributed by atoms with E-state index >= 15 is 0 Å². The summed E-state index contributed by atoms with van der Waals surface area (Å²) in [5.41, 5.74) is -3.14. The third-order valence-corrected chi connectivity index (χ3v) is 10.7. The summed E-state index contributed by atoms with van der Waals surface area (Å²) < 4.78 is 63.3. The third-order valence-electron chi connectivity index (χ3n) is 7.07. The van der Waals surface area contributed by atoms with E-state index in [1.807, 2.05) is 32.4 Å². The second-order valence-electron chi connectivity index (χ2n) is 14.1. The number of aromatic nitrogens is 2. The highest BCUT2D eigenvalue weighted by Crippen LogP contribution is 2.53. The van der Waals surface area contributed by atoms with Crippen molar-refractivity contribution in [1.82, 2.24) is 14.2 Å². The van der Waals surface area contributed by atoms with Gasteiger partial charge < -0.3 is 33.4 Å². The molecular formula is C32H54N4O13P2. The lowest BCUT2D eigenvalue weighted by atomic mass is 9.98. The predicted molar refractivity (Wildman–Crippen MR) is 189 cm³/mol. The summed E-state index contributed by atoms with van der Waals surface area (Å²) >= 11 is 0. The lowest BCUT2D eigenvalue weighted by Gasteiger charge is -2.38. The first-order valence-corrected chi connectivity index (χ1v) is 19.2. The van der Waals surface area contributed by atoms with Crippen LogP contribution in [0.2, 0.25) is 0 Å². The lowest BCUT2D eigenvalue weighted by molar-refractivity contribution is -0.161. The van der Waals surface area contributed by atoms with Gasteiger partial charge in [-0.05, 0) is 81.5 Å². The highest BCUT2D eigenvalue weighted by molar-refractivity contribution is 7.57. The lowest BCUT2D eigenvalue weighted by Crippen LogP contribution is -2.41. The van der Waals surface area contributed by atoms with Gasteiger partial charge in [0, 0.05) is 43.7 Å². The summed E-state index contributed by atoms with van der Waals surface area (Å²) in [5, 5.41) is 7.45. The van der Waals surface area contributed by atoms with Crippen LogP contribution in [0.25, 0.3) is 0 Å². The quantitative estimate of drug-likeness (QED) is 0.0620. The SMILES string of the molecule is COC1C(OP(OCCC=N)N(C(C)C)C(C)C)[C@@H](/C=C/P(=O)(OCOC(=O)C(C)(C)C)OCOC(=O)C(C)(C)C)O[C@H]1n1ccc(=O)[nH]c1=O. The highest BCUT2D eigenvalue weighted by Gasteiger charge is 2.49. The minimum atomic E-state index is -4.35. The average Bonchev–Trinajstić information content (AvgIpc) is 3.35. The number of H-pyrrole nitrogens is 1. The summed E-state index contributed by atoms with van der Waals surface area (Å²) in [6.45, 7) is 16.4. The molecule has 2 rings (SSSR count). The molecule has 1 aromatic heterocycles. The van der Waals surface area contributed by atoms with E-state index in [-0.39, 0.29) is 18.7 Å². The Bertz CT molecular complexity index is 1460. The average molecular weight is 765 g/mol. The minimum absolute atomic E-state index is 0.0420. The van der Waals surface area contributed by atoms with Crippen LogP contribution in [0.4, 0.5) is 0 Å². The zero-order valence-corrected chi connectivity index (χ0v) is 33.1. The number of aromatic amines is 1. The van der Waals surface area contributed by atoms with Gasteiger partial charge in [-0.3, -0.25) is 37.5 Å². The molecule has 19 heteroatoms. The molecule has 1 fully saturated rings. The molecule has 2 N–H and O–H groups in total. The topological polar surface area (TPSA) is 207 Å². The molecule has 0 amide bonds. The maximum Gasteiger partial charge on any atom is 0.359 e. The number of esters is 2. The highest BCUT2D eigenvalue weighted by atomic mass is 31.2. The second-order valence-corrected chi connectivity index (χ2v) is 17.5. The van der Waals surface area contributed by atoms with Gasteiger partial charge in [0.05, 0.1) is 17.4 Å². The number of carbonyl (C=O) groups is 2. The normalized spacial score (nSPS) is 20.7. The molecule has 17 nitrogen and oxygen atoms in total. The first-order chi connectivity index (χ1) is 23.6. The number of ether oxygens (including phenoxy) is 4. The van der Waals surface area contributed by atoms with E-state index in [9.17, 15) is 23.7 Å². The molecule has 2 heterocycles. The molecule has 5 atom stereocenters. The van der Waals surface area contributed by atoms with E-state index in [0.717, 1.165) is 16.5 Å². The van der Waals surface area contributed by atoms with Crippen LogP contribution in [-0.2, 0) is 51.2 Å². The fourth-order valence-corrected chi connectivity index (χ4v) is 7.31. The monoisotopic (exact) mass is 764 g/mol. The Morgan fingerprint density at radius 2 is 1.57 bits per heavy atom. The molecule has 290 valence electrons. The molecule has 0 bridgehead atoms. The predicted octanol–water partition coefficient (Wildman–Crippen LogP) is 5.07. The maximum absolute atomic E-state index is 14.0. The minimum Gasteiger partial charge on any atom is -0.438 e. The van der Waals surface area contributed by atoms with Crippen molar-refractivity contribution in [1.29, 1.82) is 5.41 Å². The van der Waals surface area contributed by atoms with Gasteiger partial charge in [0.25, 0.3) is 14.1 Å². The van der Waals surface area contributed by atoms with Gasteiger partial charge in [-0.15, -0.1) is 0 Å². The van der Waals surface area contributed by atoms with E-state index in [2.05, 4.69) is 4.98 Å². The van der Waals surface area contributed by atoms with Crippen molar-refractivity contribution in [3.63, 3.8) is 0 Å². The van der Waals surface area contributed by atoms with Crippen molar-refractivity contribution in [3.05, 3.63) is 45.0 Å². The molecule has 1 aromatic rings.